The Morgan fingerprint density at radius 2 is 1.83 bits per heavy atom. The van der Waals surface area contributed by atoms with Crippen LogP contribution in [-0.2, 0) is 9.53 Å². The summed E-state index contributed by atoms with van der Waals surface area (Å²) < 4.78 is 5.56. The van der Waals surface area contributed by atoms with E-state index in [0.29, 0.717) is 5.70 Å². The summed E-state index contributed by atoms with van der Waals surface area (Å²) in [7, 11) is 1.36. The van der Waals surface area contributed by atoms with E-state index in [9.17, 15) is 4.79 Å². The summed E-state index contributed by atoms with van der Waals surface area (Å²) in [6, 6.07) is 9.57. The first-order chi connectivity index (χ1) is 8.71. The molecule has 3 nitrogen and oxygen atoms in total. The summed E-state index contributed by atoms with van der Waals surface area (Å²) in [4.78, 5) is 16.0. The molecule has 0 unspecified atom stereocenters. The monoisotopic (exact) mass is 281 g/mol. The molecule has 0 saturated carbocycles. The lowest BCUT2D eigenvalue weighted by atomic mass is 10.2. The number of esters is 1. The Hall–Kier alpha value is -1.20. The second-order valence-corrected chi connectivity index (χ2v) is 5.07. The number of methoxy groups -OCH3 is 1. The second-order valence-electron chi connectivity index (χ2n) is 3.22. The molecule has 0 heterocycles. The van der Waals surface area contributed by atoms with E-state index >= 15 is 0 Å². The summed E-state index contributed by atoms with van der Waals surface area (Å²) in [6.45, 7) is 0. The van der Waals surface area contributed by atoms with Gasteiger partial charge in [-0.25, -0.2) is 9.79 Å². The number of rotatable bonds is 3. The van der Waals surface area contributed by atoms with Crippen LogP contribution in [0.25, 0.3) is 6.08 Å². The second kappa shape index (κ2) is 8.00. The Labute approximate surface area is 116 Å². The summed E-state index contributed by atoms with van der Waals surface area (Å²) in [5, 5.41) is 0. The minimum absolute atomic E-state index is 0.308. The minimum atomic E-state index is -0.431. The first kappa shape index (κ1) is 14.9. The molecular formula is C13H15NO2S2. The average Bonchev–Trinajstić information content (AvgIpc) is 2.43. The van der Waals surface area contributed by atoms with Crippen molar-refractivity contribution in [3.05, 3.63) is 41.6 Å². The smallest absolute Gasteiger partial charge is 0.356 e. The topological polar surface area (TPSA) is 38.7 Å². The summed E-state index contributed by atoms with van der Waals surface area (Å²) in [6.07, 6.45) is 5.57. The van der Waals surface area contributed by atoms with E-state index in [1.165, 1.54) is 30.6 Å². The molecule has 0 saturated heterocycles. The summed E-state index contributed by atoms with van der Waals surface area (Å²) >= 11 is 3.00. The molecule has 0 radical (unpaired) electrons. The number of carbonyl (C=O) groups excluding carboxylic acids is 1. The first-order valence-corrected chi connectivity index (χ1v) is 7.68. The van der Waals surface area contributed by atoms with Crippen molar-refractivity contribution in [2.75, 3.05) is 19.6 Å². The van der Waals surface area contributed by atoms with E-state index in [2.05, 4.69) is 4.99 Å². The number of thioether (sulfide) groups is 2. The summed E-state index contributed by atoms with van der Waals surface area (Å²) in [5.41, 5.74) is 1.23. The highest BCUT2D eigenvalue weighted by Crippen LogP contribution is 2.16. The molecule has 1 aromatic rings. The number of nitrogens with zero attached hydrogens (tertiary/aromatic N) is 1. The third kappa shape index (κ3) is 4.58. The van der Waals surface area contributed by atoms with Gasteiger partial charge >= 0.3 is 5.97 Å². The van der Waals surface area contributed by atoms with E-state index in [1.807, 2.05) is 42.8 Å². The molecule has 0 N–H and O–H groups in total. The van der Waals surface area contributed by atoms with Crippen molar-refractivity contribution < 1.29 is 9.53 Å². The fraction of sp³-hybridized carbons (Fsp3) is 0.231. The standard InChI is InChI=1S/C13H15NO2S2/c1-16-12(15)11(14-13(17-2)18-3)9-10-7-5-4-6-8-10/h4-9H,1-3H3/b11-9-. The van der Waals surface area contributed by atoms with Gasteiger partial charge in [0, 0.05) is 0 Å². The number of ether oxygens (including phenoxy) is 1. The predicted octanol–water partition coefficient (Wildman–Crippen LogP) is 3.28. The van der Waals surface area contributed by atoms with Gasteiger partial charge in [-0.1, -0.05) is 30.3 Å². The molecule has 0 spiro atoms. The predicted molar refractivity (Wildman–Crippen MR) is 80.9 cm³/mol. The number of hydrogen-bond acceptors (Lipinski definition) is 5. The normalized spacial score (nSPS) is 10.9. The van der Waals surface area contributed by atoms with Gasteiger partial charge in [0.2, 0.25) is 0 Å². The van der Waals surface area contributed by atoms with Crippen LogP contribution in [0.5, 0.6) is 0 Å². The Bertz CT molecular complexity index is 449. The molecular weight excluding hydrogens is 266 g/mol. The highest BCUT2D eigenvalue weighted by atomic mass is 32.2. The van der Waals surface area contributed by atoms with Gasteiger partial charge in [0.05, 0.1) is 7.11 Å². The largest absolute Gasteiger partial charge is 0.464 e. The van der Waals surface area contributed by atoms with Crippen LogP contribution >= 0.6 is 23.5 Å². The molecule has 1 rings (SSSR count). The quantitative estimate of drug-likeness (QED) is 0.369. The Morgan fingerprint density at radius 3 is 2.33 bits per heavy atom. The van der Waals surface area contributed by atoms with Crippen LogP contribution in [0.3, 0.4) is 0 Å². The highest BCUT2D eigenvalue weighted by Gasteiger charge is 2.10. The van der Waals surface area contributed by atoms with Gasteiger partial charge in [-0.15, -0.1) is 23.5 Å². The van der Waals surface area contributed by atoms with E-state index in [1.54, 1.807) is 6.08 Å². The van der Waals surface area contributed by atoms with E-state index in [-0.39, 0.29) is 0 Å². The molecule has 5 heteroatoms. The Balaban J connectivity index is 3.10. The van der Waals surface area contributed by atoms with Crippen LogP contribution in [-0.4, -0.2) is 30.0 Å². The van der Waals surface area contributed by atoms with Crippen molar-refractivity contribution in [3.63, 3.8) is 0 Å². The molecule has 0 bridgehead atoms. The molecule has 0 aliphatic heterocycles. The van der Waals surface area contributed by atoms with Crippen molar-refractivity contribution in [2.24, 2.45) is 4.99 Å². The van der Waals surface area contributed by atoms with Crippen LogP contribution in [0.4, 0.5) is 0 Å². The molecule has 0 amide bonds. The lowest BCUT2D eigenvalue weighted by Crippen LogP contribution is -2.04. The molecule has 0 aliphatic rings. The maximum Gasteiger partial charge on any atom is 0.356 e. The zero-order valence-electron chi connectivity index (χ0n) is 10.5. The number of hydrogen-bond donors (Lipinski definition) is 0. The molecule has 18 heavy (non-hydrogen) atoms. The maximum atomic E-state index is 11.7. The molecule has 0 atom stereocenters. The van der Waals surface area contributed by atoms with Crippen LogP contribution in [0.1, 0.15) is 5.56 Å². The minimum Gasteiger partial charge on any atom is -0.464 e. The fourth-order valence-corrected chi connectivity index (χ4v) is 2.27. The number of aliphatic imine (C=N–C) groups is 1. The highest BCUT2D eigenvalue weighted by molar-refractivity contribution is 8.38. The molecule has 1 aromatic carbocycles. The first-order valence-electron chi connectivity index (χ1n) is 5.23. The van der Waals surface area contributed by atoms with Crippen molar-refractivity contribution >= 4 is 39.9 Å². The number of carbonyl (C=O) groups is 1. The van der Waals surface area contributed by atoms with Crippen LogP contribution in [0.2, 0.25) is 0 Å². The lowest BCUT2D eigenvalue weighted by molar-refractivity contribution is -0.136. The van der Waals surface area contributed by atoms with E-state index in [4.69, 9.17) is 4.74 Å². The van der Waals surface area contributed by atoms with Crippen molar-refractivity contribution in [3.8, 4) is 0 Å². The SMILES string of the molecule is COC(=O)/C(=C/c1ccccc1)N=C(SC)SC. The zero-order valence-corrected chi connectivity index (χ0v) is 12.2. The Kier molecular flexibility index (Phi) is 6.60. The van der Waals surface area contributed by atoms with Gasteiger partial charge in [-0.05, 0) is 24.2 Å². The molecule has 0 fully saturated rings. The van der Waals surface area contributed by atoms with Crippen molar-refractivity contribution in [1.29, 1.82) is 0 Å². The molecule has 0 aliphatic carbocycles. The van der Waals surface area contributed by atoms with Gasteiger partial charge in [-0.2, -0.15) is 0 Å². The fourth-order valence-electron chi connectivity index (χ4n) is 1.22. The molecule has 0 aromatic heterocycles. The van der Waals surface area contributed by atoms with Gasteiger partial charge < -0.3 is 4.74 Å². The van der Waals surface area contributed by atoms with Gasteiger partial charge in [-0.3, -0.25) is 0 Å². The zero-order chi connectivity index (χ0) is 13.4. The maximum absolute atomic E-state index is 11.7. The third-order valence-corrected chi connectivity index (χ3v) is 3.94. The van der Waals surface area contributed by atoms with Gasteiger partial charge in [0.25, 0.3) is 0 Å². The lowest BCUT2D eigenvalue weighted by Gasteiger charge is -2.03. The number of benzene rings is 1. The van der Waals surface area contributed by atoms with Crippen molar-refractivity contribution in [2.45, 2.75) is 0 Å². The van der Waals surface area contributed by atoms with Gasteiger partial charge in [0.1, 0.15) is 4.38 Å². The third-order valence-electron chi connectivity index (χ3n) is 2.06. The Morgan fingerprint density at radius 1 is 1.22 bits per heavy atom. The van der Waals surface area contributed by atoms with Crippen molar-refractivity contribution in [1.82, 2.24) is 0 Å². The van der Waals surface area contributed by atoms with Crippen LogP contribution in [0, 0.1) is 0 Å². The molecule has 96 valence electrons. The van der Waals surface area contributed by atoms with E-state index in [0.717, 1.165) is 9.94 Å². The summed E-state index contributed by atoms with van der Waals surface area (Å²) in [5.74, 6) is -0.431. The van der Waals surface area contributed by atoms with Crippen LogP contribution in [0.15, 0.2) is 41.0 Å². The average molecular weight is 281 g/mol. The van der Waals surface area contributed by atoms with E-state index < -0.39 is 5.97 Å². The van der Waals surface area contributed by atoms with Crippen LogP contribution < -0.4 is 0 Å². The van der Waals surface area contributed by atoms with Gasteiger partial charge in [0.15, 0.2) is 5.70 Å².